The maximum Gasteiger partial charge on any atom is 0.292 e. The third-order valence-electron chi connectivity index (χ3n) is 3.77. The summed E-state index contributed by atoms with van der Waals surface area (Å²) in [5.41, 5.74) is -0.714. The first-order valence-corrected chi connectivity index (χ1v) is 8.70. The molecule has 1 aromatic carbocycles. The van der Waals surface area contributed by atoms with E-state index < -0.39 is 10.5 Å². The minimum atomic E-state index is -1.21. The second-order valence-corrected chi connectivity index (χ2v) is 6.07. The zero-order valence-corrected chi connectivity index (χ0v) is 15.4. The van der Waals surface area contributed by atoms with E-state index in [9.17, 15) is 15.2 Å². The molecule has 0 aliphatic carbocycles. The molecule has 27 heavy (non-hydrogen) atoms. The lowest BCUT2D eigenvalue weighted by molar-refractivity contribution is -0.384. The number of nitrogens with one attached hydrogen (secondary N) is 3. The van der Waals surface area contributed by atoms with Crippen LogP contribution in [-0.2, 0) is 5.60 Å². The lowest BCUT2D eigenvalue weighted by Gasteiger charge is -2.19. The third kappa shape index (κ3) is 6.00. The lowest BCUT2D eigenvalue weighted by atomic mass is 10.0. The van der Waals surface area contributed by atoms with Gasteiger partial charge in [-0.3, -0.25) is 10.1 Å². The third-order valence-corrected chi connectivity index (χ3v) is 3.77. The molecule has 0 radical (unpaired) electrons. The molecule has 9 nitrogen and oxygen atoms in total. The van der Waals surface area contributed by atoms with Gasteiger partial charge in [-0.1, -0.05) is 12.1 Å². The van der Waals surface area contributed by atoms with E-state index in [1.165, 1.54) is 12.3 Å². The molecule has 1 unspecified atom stereocenters. The van der Waals surface area contributed by atoms with Gasteiger partial charge in [0.1, 0.15) is 17.0 Å². The van der Waals surface area contributed by atoms with Crippen molar-refractivity contribution in [3.63, 3.8) is 0 Å². The molecule has 146 valence electrons. The Balaban J connectivity index is 1.88. The van der Waals surface area contributed by atoms with Crippen molar-refractivity contribution in [3.05, 3.63) is 58.5 Å². The van der Waals surface area contributed by atoms with Crippen LogP contribution in [0.15, 0.2) is 52.1 Å². The SMILES string of the molecule is CCNC(=NCC(C)(O)c1ccco1)NCCNc1ccccc1[N+](=O)[O-]. The number of nitro benzene ring substituents is 1. The monoisotopic (exact) mass is 375 g/mol. The van der Waals surface area contributed by atoms with Crippen molar-refractivity contribution in [1.82, 2.24) is 10.6 Å². The van der Waals surface area contributed by atoms with Crippen molar-refractivity contribution in [1.29, 1.82) is 0 Å². The first-order valence-electron chi connectivity index (χ1n) is 8.70. The van der Waals surface area contributed by atoms with Crippen LogP contribution in [0.25, 0.3) is 0 Å². The van der Waals surface area contributed by atoms with Crippen molar-refractivity contribution >= 4 is 17.3 Å². The van der Waals surface area contributed by atoms with E-state index in [1.54, 1.807) is 37.3 Å². The molecule has 2 aromatic rings. The number of guanidine groups is 1. The van der Waals surface area contributed by atoms with Gasteiger partial charge in [0.15, 0.2) is 5.96 Å². The Labute approximate surface area is 157 Å². The van der Waals surface area contributed by atoms with E-state index >= 15 is 0 Å². The Kier molecular flexibility index (Phi) is 7.18. The molecule has 0 saturated heterocycles. The van der Waals surface area contributed by atoms with Crippen LogP contribution in [0.4, 0.5) is 11.4 Å². The predicted molar refractivity (Wildman–Crippen MR) is 104 cm³/mol. The Bertz CT molecular complexity index is 759. The molecule has 9 heteroatoms. The molecule has 0 aliphatic rings. The van der Waals surface area contributed by atoms with Crippen molar-refractivity contribution in [2.75, 3.05) is 31.5 Å². The molecule has 0 aliphatic heterocycles. The van der Waals surface area contributed by atoms with Gasteiger partial charge in [0.05, 0.1) is 17.7 Å². The van der Waals surface area contributed by atoms with Crippen LogP contribution < -0.4 is 16.0 Å². The number of hydrogen-bond donors (Lipinski definition) is 4. The fourth-order valence-electron chi connectivity index (χ4n) is 2.40. The smallest absolute Gasteiger partial charge is 0.292 e. The lowest BCUT2D eigenvalue weighted by Crippen LogP contribution is -2.40. The molecule has 0 saturated carbocycles. The largest absolute Gasteiger partial charge is 0.466 e. The van der Waals surface area contributed by atoms with Gasteiger partial charge in [0.25, 0.3) is 5.69 Å². The molecule has 2 rings (SSSR count). The van der Waals surface area contributed by atoms with Gasteiger partial charge in [-0.15, -0.1) is 0 Å². The quantitative estimate of drug-likeness (QED) is 0.174. The zero-order chi connectivity index (χ0) is 19.7. The van der Waals surface area contributed by atoms with Gasteiger partial charge in [0, 0.05) is 25.7 Å². The van der Waals surface area contributed by atoms with Gasteiger partial charge in [-0.25, -0.2) is 4.99 Å². The van der Waals surface area contributed by atoms with E-state index in [0.29, 0.717) is 37.0 Å². The van der Waals surface area contributed by atoms with Gasteiger partial charge in [-0.05, 0) is 32.0 Å². The second kappa shape index (κ2) is 9.58. The highest BCUT2D eigenvalue weighted by Gasteiger charge is 2.26. The van der Waals surface area contributed by atoms with Gasteiger partial charge in [-0.2, -0.15) is 0 Å². The summed E-state index contributed by atoms with van der Waals surface area (Å²) < 4.78 is 5.24. The summed E-state index contributed by atoms with van der Waals surface area (Å²) in [6.07, 6.45) is 1.51. The maximum absolute atomic E-state index is 11.0. The van der Waals surface area contributed by atoms with Gasteiger partial charge >= 0.3 is 0 Å². The maximum atomic E-state index is 11.0. The first kappa shape index (κ1) is 20.2. The van der Waals surface area contributed by atoms with Crippen LogP contribution in [-0.4, -0.2) is 42.2 Å². The Morgan fingerprint density at radius 3 is 2.70 bits per heavy atom. The van der Waals surface area contributed by atoms with E-state index in [2.05, 4.69) is 20.9 Å². The van der Waals surface area contributed by atoms with Crippen LogP contribution in [0.5, 0.6) is 0 Å². The average molecular weight is 375 g/mol. The highest BCUT2D eigenvalue weighted by Crippen LogP contribution is 2.22. The average Bonchev–Trinajstić information content (AvgIpc) is 3.19. The molecule has 1 aromatic heterocycles. The normalized spacial score (nSPS) is 13.7. The summed E-state index contributed by atoms with van der Waals surface area (Å²) in [5.74, 6) is 0.980. The second-order valence-electron chi connectivity index (χ2n) is 6.07. The number of para-hydroxylation sites is 2. The predicted octanol–water partition coefficient (Wildman–Crippen LogP) is 2.06. The first-order chi connectivity index (χ1) is 12.9. The van der Waals surface area contributed by atoms with E-state index in [-0.39, 0.29) is 12.2 Å². The van der Waals surface area contributed by atoms with E-state index in [0.717, 1.165) is 0 Å². The number of anilines is 1. The molecule has 1 heterocycles. The number of aliphatic imine (C=N–C) groups is 1. The summed E-state index contributed by atoms with van der Waals surface area (Å²) in [6, 6.07) is 9.90. The number of nitro groups is 1. The fourth-order valence-corrected chi connectivity index (χ4v) is 2.40. The van der Waals surface area contributed by atoms with Crippen molar-refractivity contribution in [2.24, 2.45) is 4.99 Å². The van der Waals surface area contributed by atoms with E-state index in [4.69, 9.17) is 4.42 Å². The fraction of sp³-hybridized carbons (Fsp3) is 0.389. The Morgan fingerprint density at radius 2 is 2.04 bits per heavy atom. The highest BCUT2D eigenvalue weighted by atomic mass is 16.6. The highest BCUT2D eigenvalue weighted by molar-refractivity contribution is 5.79. The molecular formula is C18H25N5O4. The standard InChI is InChI=1S/C18H25N5O4/c1-3-19-17(22-13-18(2,24)16-9-6-12-27-16)21-11-10-20-14-7-4-5-8-15(14)23(25)26/h4-9,12,20,24H,3,10-11,13H2,1-2H3,(H2,19,21,22). The van der Waals surface area contributed by atoms with Gasteiger partial charge in [0.2, 0.25) is 0 Å². The van der Waals surface area contributed by atoms with Crippen LogP contribution in [0, 0.1) is 10.1 Å². The zero-order valence-electron chi connectivity index (χ0n) is 15.4. The minimum Gasteiger partial charge on any atom is -0.466 e. The summed E-state index contributed by atoms with van der Waals surface area (Å²) >= 11 is 0. The molecule has 0 fully saturated rings. The Hall–Kier alpha value is -3.07. The van der Waals surface area contributed by atoms with Crippen molar-refractivity contribution in [3.8, 4) is 0 Å². The summed E-state index contributed by atoms with van der Waals surface area (Å²) in [5, 5.41) is 30.7. The molecule has 1 atom stereocenters. The topological polar surface area (TPSA) is 125 Å². The molecule has 0 spiro atoms. The van der Waals surface area contributed by atoms with Crippen LogP contribution in [0.1, 0.15) is 19.6 Å². The molecule has 0 amide bonds. The number of aliphatic hydroxyl groups is 1. The van der Waals surface area contributed by atoms with Crippen LogP contribution in [0.2, 0.25) is 0 Å². The van der Waals surface area contributed by atoms with Crippen LogP contribution >= 0.6 is 0 Å². The van der Waals surface area contributed by atoms with Gasteiger partial charge < -0.3 is 25.5 Å². The summed E-state index contributed by atoms with van der Waals surface area (Å²) in [7, 11) is 0. The molecule has 4 N–H and O–H groups in total. The summed E-state index contributed by atoms with van der Waals surface area (Å²) in [4.78, 5) is 15.0. The number of furan rings is 1. The number of benzene rings is 1. The van der Waals surface area contributed by atoms with E-state index in [1.807, 2.05) is 6.92 Å². The number of hydrogen-bond acceptors (Lipinski definition) is 6. The summed E-state index contributed by atoms with van der Waals surface area (Å²) in [6.45, 7) is 5.30. The molecular weight excluding hydrogens is 350 g/mol. The number of nitrogens with zero attached hydrogens (tertiary/aromatic N) is 2. The molecule has 0 bridgehead atoms. The number of rotatable bonds is 9. The van der Waals surface area contributed by atoms with Crippen LogP contribution in [0.3, 0.4) is 0 Å². The Morgan fingerprint density at radius 1 is 1.26 bits per heavy atom. The van der Waals surface area contributed by atoms with Crippen molar-refractivity contribution < 1.29 is 14.4 Å². The minimum absolute atomic E-state index is 0.0348. The van der Waals surface area contributed by atoms with Crippen molar-refractivity contribution in [2.45, 2.75) is 19.4 Å².